The standard InChI is InChI=1S/C11H15ClO/c1-4-8(2)10-7-9(12)5-6-11(10)13-3/h5-8H,4H2,1-3H3. The molecule has 0 amide bonds. The summed E-state index contributed by atoms with van der Waals surface area (Å²) in [6.45, 7) is 4.33. The van der Waals surface area contributed by atoms with Crippen LogP contribution in [0, 0.1) is 0 Å². The van der Waals surface area contributed by atoms with E-state index in [9.17, 15) is 0 Å². The molecule has 0 saturated heterocycles. The highest BCUT2D eigenvalue weighted by atomic mass is 35.5. The molecule has 1 nitrogen and oxygen atoms in total. The van der Waals surface area contributed by atoms with Gasteiger partial charge in [-0.2, -0.15) is 0 Å². The van der Waals surface area contributed by atoms with E-state index in [1.165, 1.54) is 5.56 Å². The molecule has 1 atom stereocenters. The first-order valence-corrected chi connectivity index (χ1v) is 4.90. The van der Waals surface area contributed by atoms with Crippen molar-refractivity contribution in [2.24, 2.45) is 0 Å². The predicted octanol–water partition coefficient (Wildman–Crippen LogP) is 3.86. The molecule has 0 aliphatic carbocycles. The highest BCUT2D eigenvalue weighted by molar-refractivity contribution is 6.30. The number of methoxy groups -OCH3 is 1. The Morgan fingerprint density at radius 1 is 1.46 bits per heavy atom. The monoisotopic (exact) mass is 198 g/mol. The zero-order valence-corrected chi connectivity index (χ0v) is 9.06. The molecular weight excluding hydrogens is 184 g/mol. The van der Waals surface area contributed by atoms with Crippen LogP contribution in [0.3, 0.4) is 0 Å². The molecule has 1 aromatic carbocycles. The molecule has 72 valence electrons. The maximum atomic E-state index is 5.92. The summed E-state index contributed by atoms with van der Waals surface area (Å²) in [5, 5.41) is 0.774. The minimum Gasteiger partial charge on any atom is -0.496 e. The van der Waals surface area contributed by atoms with Gasteiger partial charge in [-0.15, -0.1) is 0 Å². The van der Waals surface area contributed by atoms with Gasteiger partial charge in [0.2, 0.25) is 0 Å². The molecular formula is C11H15ClO. The van der Waals surface area contributed by atoms with Gasteiger partial charge in [-0.05, 0) is 36.1 Å². The van der Waals surface area contributed by atoms with Gasteiger partial charge in [0.1, 0.15) is 5.75 Å². The van der Waals surface area contributed by atoms with E-state index in [0.717, 1.165) is 17.2 Å². The van der Waals surface area contributed by atoms with Crippen LogP contribution in [-0.4, -0.2) is 7.11 Å². The van der Waals surface area contributed by atoms with Gasteiger partial charge in [-0.25, -0.2) is 0 Å². The molecule has 0 bridgehead atoms. The first kappa shape index (κ1) is 10.4. The van der Waals surface area contributed by atoms with Crippen LogP contribution < -0.4 is 4.74 Å². The van der Waals surface area contributed by atoms with E-state index in [-0.39, 0.29) is 0 Å². The number of benzene rings is 1. The zero-order chi connectivity index (χ0) is 9.84. The molecule has 0 fully saturated rings. The maximum Gasteiger partial charge on any atom is 0.122 e. The van der Waals surface area contributed by atoms with Crippen molar-refractivity contribution in [3.8, 4) is 5.75 Å². The Balaban J connectivity index is 3.07. The van der Waals surface area contributed by atoms with Crippen LogP contribution in [0.2, 0.25) is 5.02 Å². The van der Waals surface area contributed by atoms with Crippen LogP contribution in [0.15, 0.2) is 18.2 Å². The molecule has 0 aliphatic heterocycles. The maximum absolute atomic E-state index is 5.92. The van der Waals surface area contributed by atoms with Gasteiger partial charge in [0.05, 0.1) is 7.11 Å². The van der Waals surface area contributed by atoms with Crippen LogP contribution in [0.4, 0.5) is 0 Å². The topological polar surface area (TPSA) is 9.23 Å². The van der Waals surface area contributed by atoms with E-state index in [2.05, 4.69) is 13.8 Å². The lowest BCUT2D eigenvalue weighted by molar-refractivity contribution is 0.406. The Bertz CT molecular complexity index is 283. The van der Waals surface area contributed by atoms with Gasteiger partial charge in [0.25, 0.3) is 0 Å². The summed E-state index contributed by atoms with van der Waals surface area (Å²) < 4.78 is 5.26. The summed E-state index contributed by atoms with van der Waals surface area (Å²) in [7, 11) is 1.69. The van der Waals surface area contributed by atoms with Crippen LogP contribution in [0.1, 0.15) is 31.7 Å². The van der Waals surface area contributed by atoms with Crippen molar-refractivity contribution in [2.75, 3.05) is 7.11 Å². The van der Waals surface area contributed by atoms with Crippen molar-refractivity contribution in [2.45, 2.75) is 26.2 Å². The average molecular weight is 199 g/mol. The van der Waals surface area contributed by atoms with Gasteiger partial charge in [0.15, 0.2) is 0 Å². The third-order valence-corrected chi connectivity index (χ3v) is 2.57. The molecule has 0 spiro atoms. The zero-order valence-electron chi connectivity index (χ0n) is 8.30. The minimum absolute atomic E-state index is 0.494. The van der Waals surface area contributed by atoms with Gasteiger partial charge in [-0.1, -0.05) is 25.4 Å². The molecule has 1 unspecified atom stereocenters. The average Bonchev–Trinajstić information content (AvgIpc) is 2.16. The van der Waals surface area contributed by atoms with Gasteiger partial charge in [-0.3, -0.25) is 0 Å². The van der Waals surface area contributed by atoms with Gasteiger partial charge >= 0.3 is 0 Å². The highest BCUT2D eigenvalue weighted by Crippen LogP contribution is 2.30. The van der Waals surface area contributed by atoms with Gasteiger partial charge in [0, 0.05) is 5.02 Å². The molecule has 2 heteroatoms. The third kappa shape index (κ3) is 2.38. The summed E-state index contributed by atoms with van der Waals surface area (Å²) in [5.41, 5.74) is 1.19. The van der Waals surface area contributed by atoms with E-state index in [1.54, 1.807) is 7.11 Å². The fourth-order valence-electron chi connectivity index (χ4n) is 1.31. The molecule has 0 N–H and O–H groups in total. The van der Waals surface area contributed by atoms with E-state index in [1.807, 2.05) is 18.2 Å². The van der Waals surface area contributed by atoms with Crippen molar-refractivity contribution in [1.82, 2.24) is 0 Å². The van der Waals surface area contributed by atoms with Crippen LogP contribution >= 0.6 is 11.6 Å². The number of ether oxygens (including phenoxy) is 1. The fourth-order valence-corrected chi connectivity index (χ4v) is 1.49. The van der Waals surface area contributed by atoms with Crippen molar-refractivity contribution < 1.29 is 4.74 Å². The van der Waals surface area contributed by atoms with Crippen molar-refractivity contribution >= 4 is 11.6 Å². The summed E-state index contributed by atoms with van der Waals surface area (Å²) in [5.74, 6) is 1.42. The lowest BCUT2D eigenvalue weighted by Crippen LogP contribution is -1.96. The van der Waals surface area contributed by atoms with Crippen LogP contribution in [0.25, 0.3) is 0 Å². The smallest absolute Gasteiger partial charge is 0.122 e. The van der Waals surface area contributed by atoms with E-state index in [0.29, 0.717) is 5.92 Å². The molecule has 0 aliphatic rings. The number of hydrogen-bond donors (Lipinski definition) is 0. The Morgan fingerprint density at radius 3 is 2.69 bits per heavy atom. The van der Waals surface area contributed by atoms with Crippen molar-refractivity contribution in [1.29, 1.82) is 0 Å². The summed E-state index contributed by atoms with van der Waals surface area (Å²) in [4.78, 5) is 0. The van der Waals surface area contributed by atoms with Crippen molar-refractivity contribution in [3.63, 3.8) is 0 Å². The highest BCUT2D eigenvalue weighted by Gasteiger charge is 2.09. The second-order valence-electron chi connectivity index (χ2n) is 3.20. The van der Waals surface area contributed by atoms with Crippen LogP contribution in [0.5, 0.6) is 5.75 Å². The molecule has 13 heavy (non-hydrogen) atoms. The SMILES string of the molecule is CCC(C)c1cc(Cl)ccc1OC. The predicted molar refractivity (Wildman–Crippen MR) is 56.7 cm³/mol. The Kier molecular flexibility index (Phi) is 3.61. The van der Waals surface area contributed by atoms with Gasteiger partial charge < -0.3 is 4.74 Å². The Hall–Kier alpha value is -0.690. The second-order valence-corrected chi connectivity index (χ2v) is 3.63. The summed E-state index contributed by atoms with van der Waals surface area (Å²) >= 11 is 5.92. The molecule has 0 radical (unpaired) electrons. The largest absolute Gasteiger partial charge is 0.496 e. The van der Waals surface area contributed by atoms with Crippen molar-refractivity contribution in [3.05, 3.63) is 28.8 Å². The van der Waals surface area contributed by atoms with E-state index >= 15 is 0 Å². The Labute approximate surface area is 84.7 Å². The second kappa shape index (κ2) is 4.52. The Morgan fingerprint density at radius 2 is 2.15 bits per heavy atom. The molecule has 0 heterocycles. The minimum atomic E-state index is 0.494. The normalized spacial score (nSPS) is 12.6. The van der Waals surface area contributed by atoms with E-state index in [4.69, 9.17) is 16.3 Å². The molecule has 0 aromatic heterocycles. The van der Waals surface area contributed by atoms with E-state index < -0.39 is 0 Å². The quantitative estimate of drug-likeness (QED) is 0.717. The molecule has 0 saturated carbocycles. The number of halogens is 1. The summed E-state index contributed by atoms with van der Waals surface area (Å²) in [6, 6.07) is 5.75. The lowest BCUT2D eigenvalue weighted by Gasteiger charge is -2.13. The number of rotatable bonds is 3. The lowest BCUT2D eigenvalue weighted by atomic mass is 9.98. The van der Waals surface area contributed by atoms with Crippen LogP contribution in [-0.2, 0) is 0 Å². The first-order valence-electron chi connectivity index (χ1n) is 4.52. The summed E-state index contributed by atoms with van der Waals surface area (Å²) in [6.07, 6.45) is 1.09. The third-order valence-electron chi connectivity index (χ3n) is 2.34. The first-order chi connectivity index (χ1) is 6.19. The molecule has 1 aromatic rings. The number of hydrogen-bond acceptors (Lipinski definition) is 1. The molecule has 1 rings (SSSR count). The fraction of sp³-hybridized carbons (Fsp3) is 0.455.